The lowest BCUT2D eigenvalue weighted by Crippen LogP contribution is -2.63. The van der Waals surface area contributed by atoms with Gasteiger partial charge in [0.2, 0.25) is 5.78 Å². The lowest BCUT2D eigenvalue weighted by molar-refractivity contribution is -0.148. The smallest absolute Gasteiger partial charge is 0.209 e. The molecule has 3 aliphatic carbocycles. The van der Waals surface area contributed by atoms with Gasteiger partial charge in [0.1, 0.15) is 22.8 Å². The SMILES string of the molecule is CCOc1ccc(N(C)C)c2c1C(=O)C1=C(O)C3(O)C(=O)C(C(C)=O)=C(O)C(N(C)C)C3CC1C2. The first-order valence-electron chi connectivity index (χ1n) is 11.7. The number of hydrogen-bond donors (Lipinski definition) is 3. The standard InChI is InChI=1S/C26H32N2O7/c1-7-35-17-9-8-16(27(3)4)14-10-13-11-15-21(28(5)6)23(31)18(12(2)29)24(32)26(15,34)25(33)19(13)22(30)20(14)17/h8-9,13,15,21,31,33-34H,7,10-11H2,1-6H3. The van der Waals surface area contributed by atoms with Gasteiger partial charge in [-0.25, -0.2) is 0 Å². The molecule has 9 nitrogen and oxygen atoms in total. The maximum atomic E-state index is 13.9. The maximum absolute atomic E-state index is 13.9. The maximum Gasteiger partial charge on any atom is 0.209 e. The molecule has 3 N–H and O–H groups in total. The van der Waals surface area contributed by atoms with Crippen LogP contribution in [0.3, 0.4) is 0 Å². The predicted octanol–water partition coefficient (Wildman–Crippen LogP) is 1.98. The summed E-state index contributed by atoms with van der Waals surface area (Å²) in [5.41, 5.74) is -1.20. The van der Waals surface area contributed by atoms with Gasteiger partial charge in [0.25, 0.3) is 0 Å². The number of aliphatic hydroxyl groups excluding tert-OH is 2. The fraction of sp³-hybridized carbons (Fsp3) is 0.500. The van der Waals surface area contributed by atoms with Crippen LogP contribution in [0.4, 0.5) is 5.69 Å². The summed E-state index contributed by atoms with van der Waals surface area (Å²) < 4.78 is 5.72. The summed E-state index contributed by atoms with van der Waals surface area (Å²) >= 11 is 0. The quantitative estimate of drug-likeness (QED) is 0.538. The van der Waals surface area contributed by atoms with Crippen molar-refractivity contribution in [3.05, 3.63) is 45.9 Å². The molecule has 0 saturated heterocycles. The average Bonchev–Trinajstić information content (AvgIpc) is 2.75. The third kappa shape index (κ3) is 3.40. The molecule has 0 radical (unpaired) electrons. The number of fused-ring (bicyclic) bond motifs is 3. The highest BCUT2D eigenvalue weighted by atomic mass is 16.5. The van der Waals surface area contributed by atoms with Crippen LogP contribution in [0, 0.1) is 11.8 Å². The van der Waals surface area contributed by atoms with Gasteiger partial charge in [-0.3, -0.25) is 19.3 Å². The van der Waals surface area contributed by atoms with Gasteiger partial charge in [0, 0.05) is 31.3 Å². The summed E-state index contributed by atoms with van der Waals surface area (Å²) in [4.78, 5) is 43.1. The number of aliphatic hydroxyl groups is 3. The van der Waals surface area contributed by atoms with Crippen LogP contribution in [0.15, 0.2) is 34.8 Å². The minimum Gasteiger partial charge on any atom is -0.510 e. The van der Waals surface area contributed by atoms with Crippen molar-refractivity contribution in [3.8, 4) is 5.75 Å². The topological polar surface area (TPSA) is 128 Å². The third-order valence-corrected chi connectivity index (χ3v) is 7.45. The number of hydrogen-bond acceptors (Lipinski definition) is 9. The summed E-state index contributed by atoms with van der Waals surface area (Å²) in [5.74, 6) is -4.57. The first kappa shape index (κ1) is 24.9. The van der Waals surface area contributed by atoms with E-state index in [4.69, 9.17) is 4.74 Å². The van der Waals surface area contributed by atoms with Crippen LogP contribution in [-0.4, -0.2) is 84.0 Å². The van der Waals surface area contributed by atoms with E-state index in [0.29, 0.717) is 24.3 Å². The van der Waals surface area contributed by atoms with E-state index < -0.39 is 57.9 Å². The molecule has 0 fully saturated rings. The highest BCUT2D eigenvalue weighted by molar-refractivity contribution is 6.25. The Morgan fingerprint density at radius 2 is 1.83 bits per heavy atom. The highest BCUT2D eigenvalue weighted by Gasteiger charge is 2.63. The minimum atomic E-state index is -2.51. The summed E-state index contributed by atoms with van der Waals surface area (Å²) in [6.07, 6.45) is 0.524. The zero-order valence-electron chi connectivity index (χ0n) is 20.9. The van der Waals surface area contributed by atoms with Crippen molar-refractivity contribution in [1.82, 2.24) is 4.90 Å². The largest absolute Gasteiger partial charge is 0.510 e. The molecule has 0 heterocycles. The van der Waals surface area contributed by atoms with E-state index in [2.05, 4.69) is 0 Å². The normalized spacial score (nSPS) is 28.1. The fourth-order valence-electron chi connectivity index (χ4n) is 6.02. The molecule has 1 aromatic rings. The van der Waals surface area contributed by atoms with Crippen LogP contribution in [0.1, 0.15) is 36.2 Å². The van der Waals surface area contributed by atoms with Crippen LogP contribution in [0.5, 0.6) is 5.75 Å². The molecule has 9 heteroatoms. The van der Waals surface area contributed by atoms with Crippen LogP contribution < -0.4 is 9.64 Å². The molecule has 1 aromatic carbocycles. The second-order valence-corrected chi connectivity index (χ2v) is 9.92. The summed E-state index contributed by atoms with van der Waals surface area (Å²) in [5, 5.41) is 34.0. The second kappa shape index (κ2) is 8.49. The number of carbonyl (C=O) groups is 3. The number of allylic oxidation sites excluding steroid dienone is 1. The highest BCUT2D eigenvalue weighted by Crippen LogP contribution is 2.53. The second-order valence-electron chi connectivity index (χ2n) is 9.92. The molecule has 4 atom stereocenters. The van der Waals surface area contributed by atoms with E-state index in [1.807, 2.05) is 25.1 Å². The number of nitrogens with zero attached hydrogens (tertiary/aromatic N) is 2. The molecule has 188 valence electrons. The number of carbonyl (C=O) groups excluding carboxylic acids is 3. The minimum absolute atomic E-state index is 0.0387. The van der Waals surface area contributed by atoms with Crippen LogP contribution in [0.2, 0.25) is 0 Å². The first-order valence-corrected chi connectivity index (χ1v) is 11.7. The Bertz CT molecular complexity index is 1200. The Morgan fingerprint density at radius 1 is 1.17 bits per heavy atom. The zero-order chi connectivity index (χ0) is 26.0. The van der Waals surface area contributed by atoms with Crippen molar-refractivity contribution in [2.45, 2.75) is 38.3 Å². The molecule has 4 rings (SSSR count). The number of rotatable bonds is 5. The van der Waals surface area contributed by atoms with Gasteiger partial charge < -0.3 is 25.0 Å². The van der Waals surface area contributed by atoms with Gasteiger partial charge in [-0.1, -0.05) is 0 Å². The summed E-state index contributed by atoms with van der Waals surface area (Å²) in [6, 6.07) is 2.68. The molecule has 0 saturated carbocycles. The fourth-order valence-corrected chi connectivity index (χ4v) is 6.02. The number of likely N-dealkylation sites (N-methyl/N-ethyl adjacent to an activating group) is 1. The van der Waals surface area contributed by atoms with Crippen molar-refractivity contribution in [2.75, 3.05) is 39.7 Å². The van der Waals surface area contributed by atoms with Gasteiger partial charge in [0.15, 0.2) is 17.2 Å². The molecular weight excluding hydrogens is 452 g/mol. The lowest BCUT2D eigenvalue weighted by Gasteiger charge is -2.50. The lowest BCUT2D eigenvalue weighted by atomic mass is 9.58. The molecule has 0 aliphatic heterocycles. The number of ether oxygens (including phenoxy) is 1. The molecule has 0 aromatic heterocycles. The van der Waals surface area contributed by atoms with Crippen LogP contribution in [0.25, 0.3) is 0 Å². The van der Waals surface area contributed by atoms with Gasteiger partial charge in [-0.05, 0) is 64.4 Å². The number of Topliss-reactive ketones (excluding diaryl/α,β-unsaturated/α-hetero) is 3. The predicted molar refractivity (Wildman–Crippen MR) is 129 cm³/mol. The third-order valence-electron chi connectivity index (χ3n) is 7.45. The molecule has 4 unspecified atom stereocenters. The summed E-state index contributed by atoms with van der Waals surface area (Å²) in [7, 11) is 7.06. The van der Waals surface area contributed by atoms with Crippen LogP contribution >= 0.6 is 0 Å². The Balaban J connectivity index is 1.98. The van der Waals surface area contributed by atoms with Gasteiger partial charge in [-0.15, -0.1) is 0 Å². The van der Waals surface area contributed by atoms with Gasteiger partial charge in [-0.2, -0.15) is 0 Å². The van der Waals surface area contributed by atoms with Gasteiger partial charge >= 0.3 is 0 Å². The van der Waals surface area contributed by atoms with Crippen molar-refractivity contribution in [3.63, 3.8) is 0 Å². The van der Waals surface area contributed by atoms with Gasteiger partial charge in [0.05, 0.1) is 18.2 Å². The van der Waals surface area contributed by atoms with Crippen LogP contribution in [-0.2, 0) is 16.0 Å². The van der Waals surface area contributed by atoms with E-state index in [1.54, 1.807) is 32.0 Å². The number of ketones is 3. The molecule has 0 spiro atoms. The average molecular weight is 485 g/mol. The van der Waals surface area contributed by atoms with Crippen molar-refractivity contribution in [1.29, 1.82) is 0 Å². The van der Waals surface area contributed by atoms with E-state index in [-0.39, 0.29) is 12.0 Å². The van der Waals surface area contributed by atoms with Crippen molar-refractivity contribution < 1.29 is 34.4 Å². The Morgan fingerprint density at radius 3 is 2.37 bits per heavy atom. The monoisotopic (exact) mass is 484 g/mol. The molecule has 0 bridgehead atoms. The molecule has 0 amide bonds. The Hall–Kier alpha value is -3.17. The number of anilines is 1. The molecular formula is C26H32N2O7. The van der Waals surface area contributed by atoms with E-state index in [0.717, 1.165) is 18.2 Å². The summed E-state index contributed by atoms with van der Waals surface area (Å²) in [6.45, 7) is 3.25. The Kier molecular flexibility index (Phi) is 6.05. The van der Waals surface area contributed by atoms with E-state index in [9.17, 15) is 29.7 Å². The molecule has 35 heavy (non-hydrogen) atoms. The van der Waals surface area contributed by atoms with Crippen molar-refractivity contribution in [2.24, 2.45) is 11.8 Å². The zero-order valence-corrected chi connectivity index (χ0v) is 20.9. The van der Waals surface area contributed by atoms with E-state index in [1.165, 1.54) is 0 Å². The molecule has 3 aliphatic rings. The van der Waals surface area contributed by atoms with E-state index >= 15 is 0 Å². The first-order chi connectivity index (χ1) is 16.4. The van der Waals surface area contributed by atoms with Crippen molar-refractivity contribution >= 4 is 23.0 Å². The Labute approximate surface area is 204 Å². The number of benzene rings is 1.